The Morgan fingerprint density at radius 2 is 2.37 bits per heavy atom. The number of aryl methyl sites for hydroxylation is 1. The smallest absolute Gasteiger partial charge is 0.310 e. The molecule has 5 nitrogen and oxygen atoms in total. The number of carbonyl (C=O) groups is 1. The van der Waals surface area contributed by atoms with E-state index in [4.69, 9.17) is 4.74 Å². The third-order valence-corrected chi connectivity index (χ3v) is 3.54. The lowest BCUT2D eigenvalue weighted by Gasteiger charge is -2.31. The zero-order valence-corrected chi connectivity index (χ0v) is 11.8. The Labute approximate surface area is 114 Å². The molecule has 0 spiro atoms. The van der Waals surface area contributed by atoms with Gasteiger partial charge in [0.1, 0.15) is 0 Å². The van der Waals surface area contributed by atoms with E-state index in [1.54, 1.807) is 0 Å². The molecular weight excluding hydrogens is 242 g/mol. The third-order valence-electron chi connectivity index (χ3n) is 3.54. The van der Waals surface area contributed by atoms with Gasteiger partial charge in [-0.1, -0.05) is 0 Å². The molecule has 0 saturated carbocycles. The standard InChI is InChI=1S/C14H23N3O2/c1-3-17-10-12(8-15-17)9-16-7-5-6-13(11-16)14(18)19-4-2/h8,10,13H,3-7,9,11H2,1-2H3/t13-/m1/s1. The summed E-state index contributed by atoms with van der Waals surface area (Å²) in [7, 11) is 0. The van der Waals surface area contributed by atoms with Crippen LogP contribution in [0.2, 0.25) is 0 Å². The fourth-order valence-electron chi connectivity index (χ4n) is 2.57. The normalized spacial score (nSPS) is 20.4. The van der Waals surface area contributed by atoms with Crippen molar-refractivity contribution in [3.05, 3.63) is 18.0 Å². The van der Waals surface area contributed by atoms with E-state index < -0.39 is 0 Å². The van der Waals surface area contributed by atoms with Crippen LogP contribution >= 0.6 is 0 Å². The van der Waals surface area contributed by atoms with Crippen LogP contribution < -0.4 is 0 Å². The van der Waals surface area contributed by atoms with Gasteiger partial charge < -0.3 is 4.74 Å². The van der Waals surface area contributed by atoms with Crippen molar-refractivity contribution in [3.8, 4) is 0 Å². The van der Waals surface area contributed by atoms with Crippen molar-refractivity contribution in [2.75, 3.05) is 19.7 Å². The van der Waals surface area contributed by atoms with Crippen LogP contribution in [-0.4, -0.2) is 40.3 Å². The highest BCUT2D eigenvalue weighted by Gasteiger charge is 2.26. The lowest BCUT2D eigenvalue weighted by atomic mass is 9.98. The molecular formula is C14H23N3O2. The SMILES string of the molecule is CCOC(=O)[C@@H]1CCCN(Cc2cnn(CC)c2)C1. The monoisotopic (exact) mass is 265 g/mol. The predicted molar refractivity (Wildman–Crippen MR) is 72.5 cm³/mol. The lowest BCUT2D eigenvalue weighted by Crippen LogP contribution is -2.38. The van der Waals surface area contributed by atoms with Crippen molar-refractivity contribution >= 4 is 5.97 Å². The average molecular weight is 265 g/mol. The molecule has 2 heterocycles. The maximum Gasteiger partial charge on any atom is 0.310 e. The minimum Gasteiger partial charge on any atom is -0.466 e. The van der Waals surface area contributed by atoms with Crippen LogP contribution in [0.4, 0.5) is 0 Å². The highest BCUT2D eigenvalue weighted by molar-refractivity contribution is 5.72. The molecule has 0 amide bonds. The van der Waals surface area contributed by atoms with Gasteiger partial charge in [-0.05, 0) is 33.2 Å². The number of nitrogens with zero attached hydrogens (tertiary/aromatic N) is 3. The quantitative estimate of drug-likeness (QED) is 0.760. The molecule has 2 rings (SSSR count). The highest BCUT2D eigenvalue weighted by Crippen LogP contribution is 2.19. The first kappa shape index (κ1) is 14.1. The van der Waals surface area contributed by atoms with Crippen molar-refractivity contribution in [3.63, 3.8) is 0 Å². The van der Waals surface area contributed by atoms with Crippen LogP contribution in [0.3, 0.4) is 0 Å². The Bertz CT molecular complexity index is 417. The molecule has 1 aromatic heterocycles. The van der Waals surface area contributed by atoms with Gasteiger partial charge in [0.2, 0.25) is 0 Å². The maximum atomic E-state index is 11.8. The van der Waals surface area contributed by atoms with E-state index in [2.05, 4.69) is 23.1 Å². The van der Waals surface area contributed by atoms with E-state index in [0.29, 0.717) is 6.61 Å². The Morgan fingerprint density at radius 1 is 1.53 bits per heavy atom. The van der Waals surface area contributed by atoms with Crippen LogP contribution in [-0.2, 0) is 22.6 Å². The van der Waals surface area contributed by atoms with E-state index in [0.717, 1.165) is 39.0 Å². The summed E-state index contributed by atoms with van der Waals surface area (Å²) in [5.41, 5.74) is 1.21. The molecule has 1 atom stereocenters. The number of hydrogen-bond donors (Lipinski definition) is 0. The first-order valence-electron chi connectivity index (χ1n) is 7.13. The predicted octanol–water partition coefficient (Wildman–Crippen LogP) is 1.68. The van der Waals surface area contributed by atoms with Gasteiger partial charge in [-0.15, -0.1) is 0 Å². The van der Waals surface area contributed by atoms with Crippen LogP contribution in [0.25, 0.3) is 0 Å². The minimum atomic E-state index is -0.0450. The molecule has 1 fully saturated rings. The van der Waals surface area contributed by atoms with Crippen LogP contribution in [0.1, 0.15) is 32.3 Å². The van der Waals surface area contributed by atoms with Gasteiger partial charge in [0.05, 0.1) is 18.7 Å². The van der Waals surface area contributed by atoms with Crippen molar-refractivity contribution < 1.29 is 9.53 Å². The number of carbonyl (C=O) groups excluding carboxylic acids is 1. The van der Waals surface area contributed by atoms with E-state index in [9.17, 15) is 4.79 Å². The van der Waals surface area contributed by atoms with E-state index in [1.165, 1.54) is 5.56 Å². The van der Waals surface area contributed by atoms with Crippen molar-refractivity contribution in [1.29, 1.82) is 0 Å². The molecule has 0 unspecified atom stereocenters. The highest BCUT2D eigenvalue weighted by atomic mass is 16.5. The van der Waals surface area contributed by atoms with Gasteiger partial charge in [0.25, 0.3) is 0 Å². The summed E-state index contributed by atoms with van der Waals surface area (Å²) in [6, 6.07) is 0. The summed E-state index contributed by atoms with van der Waals surface area (Å²) in [6.07, 6.45) is 6.00. The molecule has 1 aliphatic heterocycles. The number of piperidine rings is 1. The molecule has 0 N–H and O–H groups in total. The summed E-state index contributed by atoms with van der Waals surface area (Å²) in [5.74, 6) is -0.00799. The molecule has 0 aromatic carbocycles. The van der Waals surface area contributed by atoms with E-state index >= 15 is 0 Å². The van der Waals surface area contributed by atoms with Gasteiger partial charge in [-0.2, -0.15) is 5.10 Å². The molecule has 1 aromatic rings. The molecule has 19 heavy (non-hydrogen) atoms. The fourth-order valence-corrected chi connectivity index (χ4v) is 2.57. The lowest BCUT2D eigenvalue weighted by molar-refractivity contribution is -0.150. The largest absolute Gasteiger partial charge is 0.466 e. The summed E-state index contributed by atoms with van der Waals surface area (Å²) < 4.78 is 7.05. The number of hydrogen-bond acceptors (Lipinski definition) is 4. The molecule has 5 heteroatoms. The summed E-state index contributed by atoms with van der Waals surface area (Å²) in [5, 5.41) is 4.28. The molecule has 106 valence electrons. The Kier molecular flexibility index (Phi) is 4.96. The molecule has 0 radical (unpaired) electrons. The minimum absolute atomic E-state index is 0.0370. The number of likely N-dealkylation sites (tertiary alicyclic amines) is 1. The topological polar surface area (TPSA) is 47.4 Å². The maximum absolute atomic E-state index is 11.8. The Hall–Kier alpha value is -1.36. The number of rotatable bonds is 5. The van der Waals surface area contributed by atoms with Gasteiger partial charge in [-0.3, -0.25) is 14.4 Å². The average Bonchev–Trinajstić information content (AvgIpc) is 2.87. The van der Waals surface area contributed by atoms with Crippen LogP contribution in [0.15, 0.2) is 12.4 Å². The summed E-state index contributed by atoms with van der Waals surface area (Å²) in [4.78, 5) is 14.1. The second-order valence-corrected chi connectivity index (χ2v) is 5.03. The second-order valence-electron chi connectivity index (χ2n) is 5.03. The van der Waals surface area contributed by atoms with Crippen LogP contribution in [0, 0.1) is 5.92 Å². The van der Waals surface area contributed by atoms with Crippen molar-refractivity contribution in [1.82, 2.24) is 14.7 Å². The van der Waals surface area contributed by atoms with Gasteiger partial charge in [0, 0.05) is 31.4 Å². The van der Waals surface area contributed by atoms with Gasteiger partial charge >= 0.3 is 5.97 Å². The van der Waals surface area contributed by atoms with Crippen LogP contribution in [0.5, 0.6) is 0 Å². The first-order chi connectivity index (χ1) is 9.22. The zero-order chi connectivity index (χ0) is 13.7. The number of aromatic nitrogens is 2. The van der Waals surface area contributed by atoms with Crippen molar-refractivity contribution in [2.24, 2.45) is 5.92 Å². The summed E-state index contributed by atoms with van der Waals surface area (Å²) in [6.45, 7) is 8.02. The molecule has 1 aliphatic rings. The molecule has 1 saturated heterocycles. The number of ether oxygens (including phenoxy) is 1. The first-order valence-corrected chi connectivity index (χ1v) is 7.13. The Morgan fingerprint density at radius 3 is 3.05 bits per heavy atom. The second kappa shape index (κ2) is 6.70. The summed E-state index contributed by atoms with van der Waals surface area (Å²) >= 11 is 0. The fraction of sp³-hybridized carbons (Fsp3) is 0.714. The zero-order valence-electron chi connectivity index (χ0n) is 11.8. The number of esters is 1. The van der Waals surface area contributed by atoms with Gasteiger partial charge in [0.15, 0.2) is 0 Å². The van der Waals surface area contributed by atoms with Gasteiger partial charge in [-0.25, -0.2) is 0 Å². The Balaban J connectivity index is 1.88. The molecule has 0 aliphatic carbocycles. The molecule has 0 bridgehead atoms. The van der Waals surface area contributed by atoms with Crippen molar-refractivity contribution in [2.45, 2.75) is 39.8 Å². The third kappa shape index (κ3) is 3.80. The van der Waals surface area contributed by atoms with E-state index in [-0.39, 0.29) is 11.9 Å². The van der Waals surface area contributed by atoms with E-state index in [1.807, 2.05) is 17.8 Å².